The number of nitrogens with zero attached hydrogens (tertiary/aromatic N) is 3. The van der Waals surface area contributed by atoms with Crippen LogP contribution in [0.1, 0.15) is 5.56 Å². The van der Waals surface area contributed by atoms with Crippen LogP contribution in [-0.4, -0.2) is 46.3 Å². The van der Waals surface area contributed by atoms with Crippen LogP contribution in [-0.2, 0) is 11.3 Å². The van der Waals surface area contributed by atoms with Gasteiger partial charge in [-0.2, -0.15) is 0 Å². The number of ether oxygens (including phenoxy) is 1. The molecule has 1 fully saturated rings. The molecule has 0 unspecified atom stereocenters. The molecule has 3 heterocycles. The molecule has 18 heavy (non-hydrogen) atoms. The molecule has 1 saturated heterocycles. The fourth-order valence-electron chi connectivity index (χ4n) is 2.20. The molecule has 2 aromatic rings. The zero-order valence-corrected chi connectivity index (χ0v) is 10.0. The van der Waals surface area contributed by atoms with Gasteiger partial charge in [-0.15, -0.1) is 0 Å². The third kappa shape index (κ3) is 2.14. The van der Waals surface area contributed by atoms with E-state index < -0.39 is 0 Å². The minimum absolute atomic E-state index is 0.215. The van der Waals surface area contributed by atoms with Crippen LogP contribution in [0.15, 0.2) is 24.5 Å². The number of aromatic hydroxyl groups is 1. The minimum atomic E-state index is 0.215. The molecule has 0 spiro atoms. The molecule has 0 aliphatic carbocycles. The first-order valence-corrected chi connectivity index (χ1v) is 6.06. The Kier molecular flexibility index (Phi) is 3.08. The standard InChI is InChI=1S/C13H15N3O2/c17-12-8-15-11-2-1-3-14-13(11)10(12)9-16-4-6-18-7-5-16/h1-3,8,17H,4-7,9H2. The quantitative estimate of drug-likeness (QED) is 0.860. The summed E-state index contributed by atoms with van der Waals surface area (Å²) in [6.07, 6.45) is 3.23. The van der Waals surface area contributed by atoms with Gasteiger partial charge in [0.25, 0.3) is 0 Å². The molecular weight excluding hydrogens is 230 g/mol. The van der Waals surface area contributed by atoms with Crippen molar-refractivity contribution in [3.8, 4) is 5.75 Å². The van der Waals surface area contributed by atoms with Gasteiger partial charge in [-0.05, 0) is 12.1 Å². The Morgan fingerprint density at radius 1 is 1.28 bits per heavy atom. The molecule has 0 amide bonds. The molecule has 1 N–H and O–H groups in total. The lowest BCUT2D eigenvalue weighted by Crippen LogP contribution is -2.35. The van der Waals surface area contributed by atoms with E-state index in [2.05, 4.69) is 14.9 Å². The van der Waals surface area contributed by atoms with Crippen LogP contribution >= 0.6 is 0 Å². The lowest BCUT2D eigenvalue weighted by molar-refractivity contribution is 0.0340. The Bertz CT molecular complexity index is 553. The van der Waals surface area contributed by atoms with Gasteiger partial charge in [-0.3, -0.25) is 14.9 Å². The second kappa shape index (κ2) is 4.88. The number of fused-ring (bicyclic) bond motifs is 1. The molecule has 0 aromatic carbocycles. The second-order valence-corrected chi connectivity index (χ2v) is 4.38. The Morgan fingerprint density at radius 3 is 2.94 bits per heavy atom. The highest BCUT2D eigenvalue weighted by atomic mass is 16.5. The highest BCUT2D eigenvalue weighted by Crippen LogP contribution is 2.25. The Morgan fingerprint density at radius 2 is 2.11 bits per heavy atom. The number of hydrogen-bond acceptors (Lipinski definition) is 5. The molecule has 0 saturated carbocycles. The topological polar surface area (TPSA) is 58.5 Å². The molecule has 2 aromatic heterocycles. The van der Waals surface area contributed by atoms with Crippen LogP contribution in [0.4, 0.5) is 0 Å². The third-order valence-corrected chi connectivity index (χ3v) is 3.19. The third-order valence-electron chi connectivity index (χ3n) is 3.19. The Balaban J connectivity index is 1.96. The van der Waals surface area contributed by atoms with E-state index in [1.807, 2.05) is 12.1 Å². The van der Waals surface area contributed by atoms with Crippen molar-refractivity contribution in [3.05, 3.63) is 30.1 Å². The number of hydrogen-bond donors (Lipinski definition) is 1. The number of aromatic nitrogens is 2. The zero-order chi connectivity index (χ0) is 12.4. The Labute approximate surface area is 105 Å². The summed E-state index contributed by atoms with van der Waals surface area (Å²) in [7, 11) is 0. The maximum atomic E-state index is 9.98. The van der Waals surface area contributed by atoms with E-state index in [-0.39, 0.29) is 5.75 Å². The van der Waals surface area contributed by atoms with Gasteiger partial charge in [0.05, 0.1) is 30.4 Å². The first-order valence-electron chi connectivity index (χ1n) is 6.06. The van der Waals surface area contributed by atoms with E-state index in [4.69, 9.17) is 4.74 Å². The van der Waals surface area contributed by atoms with Crippen molar-refractivity contribution in [2.75, 3.05) is 26.3 Å². The van der Waals surface area contributed by atoms with Crippen molar-refractivity contribution in [2.45, 2.75) is 6.54 Å². The molecule has 0 atom stereocenters. The van der Waals surface area contributed by atoms with Gasteiger partial charge in [-0.1, -0.05) is 0 Å². The summed E-state index contributed by atoms with van der Waals surface area (Å²) in [5.41, 5.74) is 2.45. The fraction of sp³-hybridized carbons (Fsp3) is 0.385. The van der Waals surface area contributed by atoms with Gasteiger partial charge in [0.2, 0.25) is 0 Å². The average molecular weight is 245 g/mol. The molecule has 5 heteroatoms. The Hall–Kier alpha value is -1.72. The van der Waals surface area contributed by atoms with E-state index in [1.165, 1.54) is 6.20 Å². The van der Waals surface area contributed by atoms with Crippen molar-refractivity contribution in [1.29, 1.82) is 0 Å². The molecule has 5 nitrogen and oxygen atoms in total. The zero-order valence-electron chi connectivity index (χ0n) is 10.0. The maximum absolute atomic E-state index is 9.98. The summed E-state index contributed by atoms with van der Waals surface area (Å²) in [6, 6.07) is 3.76. The van der Waals surface area contributed by atoms with Gasteiger partial charge in [0.15, 0.2) is 0 Å². The van der Waals surface area contributed by atoms with Crippen molar-refractivity contribution in [1.82, 2.24) is 14.9 Å². The summed E-state index contributed by atoms with van der Waals surface area (Å²) < 4.78 is 5.32. The van der Waals surface area contributed by atoms with E-state index in [1.54, 1.807) is 6.20 Å². The van der Waals surface area contributed by atoms with E-state index in [0.29, 0.717) is 6.54 Å². The first kappa shape index (κ1) is 11.4. The van der Waals surface area contributed by atoms with Crippen LogP contribution in [0.25, 0.3) is 11.0 Å². The number of pyridine rings is 2. The summed E-state index contributed by atoms with van der Waals surface area (Å²) in [6.45, 7) is 3.95. The highest BCUT2D eigenvalue weighted by molar-refractivity contribution is 5.79. The van der Waals surface area contributed by atoms with Crippen LogP contribution in [0.3, 0.4) is 0 Å². The molecule has 3 rings (SSSR count). The summed E-state index contributed by atoms with van der Waals surface area (Å²) in [4.78, 5) is 10.8. The SMILES string of the molecule is Oc1cnc2cccnc2c1CN1CCOCC1. The second-order valence-electron chi connectivity index (χ2n) is 4.38. The summed E-state index contributed by atoms with van der Waals surface area (Å²) in [5, 5.41) is 9.98. The minimum Gasteiger partial charge on any atom is -0.506 e. The fourth-order valence-corrected chi connectivity index (χ4v) is 2.20. The molecule has 94 valence electrons. The van der Waals surface area contributed by atoms with E-state index in [0.717, 1.165) is 42.9 Å². The van der Waals surface area contributed by atoms with Gasteiger partial charge >= 0.3 is 0 Å². The number of morpholine rings is 1. The molecule has 1 aliphatic heterocycles. The van der Waals surface area contributed by atoms with E-state index >= 15 is 0 Å². The van der Waals surface area contributed by atoms with Crippen molar-refractivity contribution >= 4 is 11.0 Å². The van der Waals surface area contributed by atoms with Crippen molar-refractivity contribution < 1.29 is 9.84 Å². The van der Waals surface area contributed by atoms with Gasteiger partial charge in [-0.25, -0.2) is 0 Å². The maximum Gasteiger partial charge on any atom is 0.140 e. The average Bonchev–Trinajstić information content (AvgIpc) is 2.43. The van der Waals surface area contributed by atoms with E-state index in [9.17, 15) is 5.11 Å². The summed E-state index contributed by atoms with van der Waals surface area (Å²) in [5.74, 6) is 0.215. The summed E-state index contributed by atoms with van der Waals surface area (Å²) >= 11 is 0. The van der Waals surface area contributed by atoms with Crippen molar-refractivity contribution in [3.63, 3.8) is 0 Å². The predicted octanol–water partition coefficient (Wildman–Crippen LogP) is 1.17. The smallest absolute Gasteiger partial charge is 0.140 e. The molecule has 1 aliphatic rings. The molecular formula is C13H15N3O2. The van der Waals surface area contributed by atoms with Crippen LogP contribution in [0, 0.1) is 0 Å². The molecule has 0 radical (unpaired) electrons. The van der Waals surface area contributed by atoms with Crippen molar-refractivity contribution in [2.24, 2.45) is 0 Å². The lowest BCUT2D eigenvalue weighted by Gasteiger charge is -2.26. The largest absolute Gasteiger partial charge is 0.506 e. The lowest BCUT2D eigenvalue weighted by atomic mass is 10.1. The van der Waals surface area contributed by atoms with Gasteiger partial charge in [0, 0.05) is 31.4 Å². The van der Waals surface area contributed by atoms with Crippen LogP contribution < -0.4 is 0 Å². The molecule has 0 bridgehead atoms. The predicted molar refractivity (Wildman–Crippen MR) is 67.3 cm³/mol. The number of rotatable bonds is 2. The van der Waals surface area contributed by atoms with Gasteiger partial charge in [0.1, 0.15) is 5.75 Å². The van der Waals surface area contributed by atoms with Gasteiger partial charge < -0.3 is 9.84 Å². The van der Waals surface area contributed by atoms with Crippen LogP contribution in [0.5, 0.6) is 5.75 Å². The highest BCUT2D eigenvalue weighted by Gasteiger charge is 2.15. The first-order chi connectivity index (χ1) is 8.84. The monoisotopic (exact) mass is 245 g/mol. The normalized spacial score (nSPS) is 17.1. The van der Waals surface area contributed by atoms with Crippen LogP contribution in [0.2, 0.25) is 0 Å².